The van der Waals surface area contributed by atoms with E-state index in [2.05, 4.69) is 38.7 Å². The van der Waals surface area contributed by atoms with Crippen LogP contribution in [0.5, 0.6) is 17.2 Å². The maximum Gasteiger partial charge on any atom is 0.255 e. The highest BCUT2D eigenvalue weighted by atomic mass is 79.9. The van der Waals surface area contributed by atoms with Gasteiger partial charge in [-0.3, -0.25) is 4.79 Å². The van der Waals surface area contributed by atoms with Crippen LogP contribution < -0.4 is 24.8 Å². The van der Waals surface area contributed by atoms with Gasteiger partial charge in [0.25, 0.3) is 5.91 Å². The number of hydrogen-bond acceptors (Lipinski definition) is 8. The molecular weight excluding hydrogens is 726 g/mol. The van der Waals surface area contributed by atoms with E-state index in [4.69, 9.17) is 35.9 Å². The molecule has 1 aliphatic heterocycles. The largest absolute Gasteiger partial charge is 0.493 e. The Bertz CT molecular complexity index is 2020. The molecule has 0 fully saturated rings. The third kappa shape index (κ3) is 7.74. The molecule has 1 aromatic heterocycles. The van der Waals surface area contributed by atoms with E-state index in [9.17, 15) is 4.79 Å². The van der Waals surface area contributed by atoms with Crippen molar-refractivity contribution in [3.63, 3.8) is 0 Å². The third-order valence-electron chi connectivity index (χ3n) is 7.90. The third-order valence-corrected chi connectivity index (χ3v) is 9.74. The van der Waals surface area contributed by atoms with Gasteiger partial charge in [-0.2, -0.15) is 4.98 Å². The van der Waals surface area contributed by atoms with Crippen molar-refractivity contribution in [3.8, 4) is 17.2 Å². The van der Waals surface area contributed by atoms with Crippen molar-refractivity contribution in [3.05, 3.63) is 128 Å². The topological polar surface area (TPSA) is 99.5 Å². The average Bonchev–Trinajstić information content (AvgIpc) is 3.50. The van der Waals surface area contributed by atoms with Crippen molar-refractivity contribution < 1.29 is 19.0 Å². The fraction of sp³-hybridized carbons (Fsp3) is 0.216. The van der Waals surface area contributed by atoms with Crippen LogP contribution in [-0.4, -0.2) is 34.4 Å². The van der Waals surface area contributed by atoms with Crippen LogP contribution >= 0.6 is 39.3 Å². The fourth-order valence-corrected chi connectivity index (χ4v) is 7.16. The summed E-state index contributed by atoms with van der Waals surface area (Å²) in [5, 5.41) is 12.5. The number of halogens is 2. The Balaban J connectivity index is 1.38. The van der Waals surface area contributed by atoms with Gasteiger partial charge >= 0.3 is 0 Å². The van der Waals surface area contributed by atoms with Gasteiger partial charge in [-0.05, 0) is 83.7 Å². The van der Waals surface area contributed by atoms with Crippen LogP contribution in [0.15, 0.2) is 106 Å². The van der Waals surface area contributed by atoms with E-state index >= 15 is 0 Å². The lowest BCUT2D eigenvalue weighted by atomic mass is 9.94. The molecule has 5 aromatic rings. The number of benzene rings is 4. The number of aryl methyl sites for hydroxylation is 1. The molecule has 1 aliphatic rings. The molecule has 9 nitrogen and oxygen atoms in total. The second-order valence-corrected chi connectivity index (χ2v) is 13.5. The minimum Gasteiger partial charge on any atom is -0.493 e. The molecule has 2 N–H and O–H groups in total. The molecular formula is C37H35BrClN5O4S. The van der Waals surface area contributed by atoms with Gasteiger partial charge in [-0.15, -0.1) is 5.10 Å². The molecule has 2 heterocycles. The van der Waals surface area contributed by atoms with E-state index in [-0.39, 0.29) is 5.91 Å². The predicted molar refractivity (Wildman–Crippen MR) is 198 cm³/mol. The molecule has 0 bridgehead atoms. The monoisotopic (exact) mass is 759 g/mol. The Hall–Kier alpha value is -4.45. The summed E-state index contributed by atoms with van der Waals surface area (Å²) in [6, 6.07) is 26.4. The minimum absolute atomic E-state index is 0.316. The molecule has 1 atom stereocenters. The van der Waals surface area contributed by atoms with Gasteiger partial charge in [0, 0.05) is 16.5 Å². The van der Waals surface area contributed by atoms with E-state index < -0.39 is 6.04 Å². The molecule has 4 aromatic carbocycles. The van der Waals surface area contributed by atoms with Crippen molar-refractivity contribution in [1.82, 2.24) is 14.8 Å². The van der Waals surface area contributed by atoms with Crippen molar-refractivity contribution in [1.29, 1.82) is 0 Å². The molecule has 6 rings (SSSR count). The molecule has 49 heavy (non-hydrogen) atoms. The zero-order valence-corrected chi connectivity index (χ0v) is 30.6. The van der Waals surface area contributed by atoms with Gasteiger partial charge in [-0.25, -0.2) is 4.68 Å². The smallest absolute Gasteiger partial charge is 0.255 e. The van der Waals surface area contributed by atoms with Gasteiger partial charge < -0.3 is 24.8 Å². The lowest BCUT2D eigenvalue weighted by molar-refractivity contribution is -0.113. The highest BCUT2D eigenvalue weighted by Gasteiger charge is 2.36. The number of para-hydroxylation sites is 2. The fourth-order valence-electron chi connectivity index (χ4n) is 5.47. The lowest BCUT2D eigenvalue weighted by Gasteiger charge is -2.29. The van der Waals surface area contributed by atoms with Crippen molar-refractivity contribution in [2.75, 3.05) is 24.4 Å². The first-order valence-electron chi connectivity index (χ1n) is 15.6. The number of nitrogens with zero attached hydrogens (tertiary/aromatic N) is 3. The number of allylic oxidation sites excluding steroid dienone is 1. The summed E-state index contributed by atoms with van der Waals surface area (Å²) in [5.41, 5.74) is 5.57. The second kappa shape index (κ2) is 15.4. The first-order chi connectivity index (χ1) is 23.7. The van der Waals surface area contributed by atoms with Crippen molar-refractivity contribution in [2.45, 2.75) is 44.3 Å². The van der Waals surface area contributed by atoms with Crippen LogP contribution in [0.4, 0.5) is 11.6 Å². The molecule has 1 amide bonds. The van der Waals surface area contributed by atoms with Gasteiger partial charge in [-0.1, -0.05) is 83.5 Å². The summed E-state index contributed by atoms with van der Waals surface area (Å²) in [7, 11) is 1.59. The number of nitrogens with one attached hydrogen (secondary N) is 2. The van der Waals surface area contributed by atoms with Gasteiger partial charge in [0.05, 0.1) is 29.4 Å². The first kappa shape index (κ1) is 34.4. The van der Waals surface area contributed by atoms with Crippen LogP contribution in [0, 0.1) is 6.92 Å². The van der Waals surface area contributed by atoms with Gasteiger partial charge in [0.1, 0.15) is 18.4 Å². The summed E-state index contributed by atoms with van der Waals surface area (Å²) in [4.78, 5) is 19.1. The molecule has 0 saturated carbocycles. The Morgan fingerprint density at radius 2 is 1.78 bits per heavy atom. The molecule has 1 unspecified atom stereocenters. The number of ether oxygens (including phenoxy) is 3. The molecule has 252 valence electrons. The normalized spacial score (nSPS) is 13.8. The molecule has 0 aliphatic carbocycles. The zero-order chi connectivity index (χ0) is 34.5. The standard InChI is InChI=1S/C37H35BrClN5O4S/c1-5-47-30-13-9-8-12-29(30)41-35(45)32-23(3)40-36-42-37(49-21-25-10-6-7-11-28(25)39)43-44(36)33(32)26-18-27(38)34(31(19-26)46-4)48-20-24-16-14-22(2)15-17-24/h6-19,33H,5,20-21H2,1-4H3,(H,41,45)(H,40,42,43). The number of aromatic nitrogens is 3. The number of carbonyl (C=O) groups excluding carboxylic acids is 1. The number of methoxy groups -OCH3 is 1. The van der Waals surface area contributed by atoms with Crippen molar-refractivity contribution in [2.24, 2.45) is 0 Å². The Labute approximate surface area is 303 Å². The summed E-state index contributed by atoms with van der Waals surface area (Å²) in [6.45, 7) is 6.62. The molecule has 0 saturated heterocycles. The molecule has 0 spiro atoms. The van der Waals surface area contributed by atoms with Crippen LogP contribution in [0.1, 0.15) is 42.1 Å². The van der Waals surface area contributed by atoms with Crippen molar-refractivity contribution >= 4 is 56.8 Å². The molecule has 12 heteroatoms. The number of hydrogen-bond donors (Lipinski definition) is 2. The maximum atomic E-state index is 14.3. The van der Waals surface area contributed by atoms with Crippen LogP contribution in [0.2, 0.25) is 5.02 Å². The Morgan fingerprint density at radius 3 is 2.53 bits per heavy atom. The lowest BCUT2D eigenvalue weighted by Crippen LogP contribution is -2.31. The van der Waals surface area contributed by atoms with E-state index in [0.717, 1.165) is 16.7 Å². The predicted octanol–water partition coefficient (Wildman–Crippen LogP) is 9.21. The highest BCUT2D eigenvalue weighted by Crippen LogP contribution is 2.44. The highest BCUT2D eigenvalue weighted by molar-refractivity contribution is 9.10. The number of rotatable bonds is 12. The number of fused-ring (bicyclic) bond motifs is 1. The Morgan fingerprint density at radius 1 is 1.02 bits per heavy atom. The summed E-state index contributed by atoms with van der Waals surface area (Å²) in [6.07, 6.45) is 0. The van der Waals surface area contributed by atoms with E-state index in [1.165, 1.54) is 17.3 Å². The zero-order valence-electron chi connectivity index (χ0n) is 27.4. The van der Waals surface area contributed by atoms with Crippen LogP contribution in [-0.2, 0) is 17.2 Å². The Kier molecular flexibility index (Phi) is 10.8. The van der Waals surface area contributed by atoms with Gasteiger partial charge in [0.2, 0.25) is 11.1 Å². The number of anilines is 2. The quantitative estimate of drug-likeness (QED) is 0.122. The minimum atomic E-state index is -0.672. The summed E-state index contributed by atoms with van der Waals surface area (Å²) >= 11 is 11.6. The summed E-state index contributed by atoms with van der Waals surface area (Å²) in [5.74, 6) is 2.40. The number of amides is 1. The van der Waals surface area contributed by atoms with Crippen LogP contribution in [0.3, 0.4) is 0 Å². The SMILES string of the molecule is CCOc1ccccc1NC(=O)C1=C(C)Nc2nc(SCc3ccccc3Cl)nn2C1c1cc(Br)c(OCc2ccc(C)cc2)c(OC)c1. The first-order valence-corrected chi connectivity index (χ1v) is 17.8. The molecule has 0 radical (unpaired) electrons. The van der Waals surface area contributed by atoms with E-state index in [0.29, 0.717) is 73.8 Å². The van der Waals surface area contributed by atoms with Gasteiger partial charge in [0.15, 0.2) is 11.5 Å². The number of carbonyl (C=O) groups is 1. The maximum absolute atomic E-state index is 14.3. The number of thioether (sulfide) groups is 1. The van der Waals surface area contributed by atoms with E-state index in [1.54, 1.807) is 11.8 Å². The average molecular weight is 761 g/mol. The van der Waals surface area contributed by atoms with Crippen LogP contribution in [0.25, 0.3) is 0 Å². The summed E-state index contributed by atoms with van der Waals surface area (Å²) < 4.78 is 20.3. The van der Waals surface area contributed by atoms with E-state index in [1.807, 2.05) is 93.6 Å². The second-order valence-electron chi connectivity index (χ2n) is 11.3.